The Morgan fingerprint density at radius 1 is 1.24 bits per heavy atom. The molecular formula is C14H24N4O3. The lowest BCUT2D eigenvalue weighted by atomic mass is 9.81. The first-order chi connectivity index (χ1) is 9.74. The molecule has 3 N–H and O–H groups in total. The van der Waals surface area contributed by atoms with Gasteiger partial charge in [-0.15, -0.1) is 0 Å². The second-order valence-electron chi connectivity index (χ2n) is 6.74. The minimum absolute atomic E-state index is 0.0967. The van der Waals surface area contributed by atoms with Crippen LogP contribution in [-0.4, -0.2) is 54.5 Å². The Kier molecular flexibility index (Phi) is 4.22. The van der Waals surface area contributed by atoms with Crippen LogP contribution in [0.1, 0.15) is 33.6 Å². The molecule has 2 rings (SSSR count). The van der Waals surface area contributed by atoms with Gasteiger partial charge in [-0.1, -0.05) is 6.92 Å². The van der Waals surface area contributed by atoms with E-state index >= 15 is 0 Å². The number of piperidine rings is 1. The molecule has 21 heavy (non-hydrogen) atoms. The number of amides is 4. The Hall–Kier alpha value is -1.63. The number of nitrogens with one attached hydrogen (secondary N) is 3. The molecule has 0 radical (unpaired) electrons. The number of imide groups is 1. The summed E-state index contributed by atoms with van der Waals surface area (Å²) in [7, 11) is 0. The summed E-state index contributed by atoms with van der Waals surface area (Å²) in [6.07, 6.45) is 2.03. The van der Waals surface area contributed by atoms with Gasteiger partial charge in [-0.05, 0) is 45.2 Å². The molecule has 2 aliphatic rings. The first kappa shape index (κ1) is 15.8. The van der Waals surface area contributed by atoms with Crippen molar-refractivity contribution in [2.75, 3.05) is 26.2 Å². The van der Waals surface area contributed by atoms with Gasteiger partial charge in [0.25, 0.3) is 5.91 Å². The lowest BCUT2D eigenvalue weighted by molar-refractivity contribution is -0.127. The van der Waals surface area contributed by atoms with Crippen LogP contribution >= 0.6 is 0 Å². The highest BCUT2D eigenvalue weighted by atomic mass is 16.2. The van der Waals surface area contributed by atoms with E-state index in [0.29, 0.717) is 6.54 Å². The van der Waals surface area contributed by atoms with Crippen LogP contribution in [0.4, 0.5) is 4.79 Å². The largest absolute Gasteiger partial charge is 0.354 e. The van der Waals surface area contributed by atoms with Crippen molar-refractivity contribution in [3.8, 4) is 0 Å². The van der Waals surface area contributed by atoms with Crippen LogP contribution in [0, 0.1) is 5.41 Å². The SMILES string of the molecule is CC1(CNC(=O)CN2C(=O)NC(=O)C2(C)C)CCNCC1. The molecule has 2 aliphatic heterocycles. The number of hydrogen-bond donors (Lipinski definition) is 3. The molecular weight excluding hydrogens is 272 g/mol. The summed E-state index contributed by atoms with van der Waals surface area (Å²) in [6.45, 7) is 7.84. The van der Waals surface area contributed by atoms with Crippen molar-refractivity contribution in [3.05, 3.63) is 0 Å². The van der Waals surface area contributed by atoms with Gasteiger partial charge in [0.2, 0.25) is 5.91 Å². The zero-order chi connectivity index (χ0) is 15.7. The average molecular weight is 296 g/mol. The third-order valence-electron chi connectivity index (χ3n) is 4.52. The highest BCUT2D eigenvalue weighted by Gasteiger charge is 2.46. The highest BCUT2D eigenvalue weighted by molar-refractivity contribution is 6.07. The molecule has 0 spiro atoms. The van der Waals surface area contributed by atoms with Crippen LogP contribution in [0.25, 0.3) is 0 Å². The van der Waals surface area contributed by atoms with Gasteiger partial charge in [-0.2, -0.15) is 0 Å². The molecule has 0 unspecified atom stereocenters. The van der Waals surface area contributed by atoms with E-state index in [4.69, 9.17) is 0 Å². The summed E-state index contributed by atoms with van der Waals surface area (Å²) in [5, 5.41) is 8.42. The van der Waals surface area contributed by atoms with Gasteiger partial charge in [-0.25, -0.2) is 4.79 Å². The van der Waals surface area contributed by atoms with Crippen molar-refractivity contribution in [3.63, 3.8) is 0 Å². The Bertz CT molecular complexity index is 455. The third-order valence-corrected chi connectivity index (χ3v) is 4.52. The van der Waals surface area contributed by atoms with Crippen molar-refractivity contribution < 1.29 is 14.4 Å². The van der Waals surface area contributed by atoms with Crippen molar-refractivity contribution in [1.29, 1.82) is 0 Å². The fourth-order valence-corrected chi connectivity index (χ4v) is 2.68. The number of rotatable bonds is 4. The fourth-order valence-electron chi connectivity index (χ4n) is 2.68. The number of carbonyl (C=O) groups excluding carboxylic acids is 3. The number of carbonyl (C=O) groups is 3. The standard InChI is InChI=1S/C14H24N4O3/c1-13(2)11(20)17-12(21)18(13)8-10(19)16-9-14(3)4-6-15-7-5-14/h15H,4-9H2,1-3H3,(H,16,19)(H,17,20,21). The zero-order valence-corrected chi connectivity index (χ0v) is 12.9. The summed E-state index contributed by atoms with van der Waals surface area (Å²) in [5.41, 5.74) is -0.882. The van der Waals surface area contributed by atoms with Gasteiger partial charge in [-0.3, -0.25) is 14.9 Å². The number of hydrogen-bond acceptors (Lipinski definition) is 4. The Morgan fingerprint density at radius 3 is 2.38 bits per heavy atom. The summed E-state index contributed by atoms with van der Waals surface area (Å²) in [6, 6.07) is -0.506. The Morgan fingerprint density at radius 2 is 1.86 bits per heavy atom. The van der Waals surface area contributed by atoms with Gasteiger partial charge < -0.3 is 15.5 Å². The quantitative estimate of drug-likeness (QED) is 0.628. The second-order valence-corrected chi connectivity index (χ2v) is 6.74. The van der Waals surface area contributed by atoms with E-state index < -0.39 is 11.6 Å². The summed E-state index contributed by atoms with van der Waals surface area (Å²) >= 11 is 0. The Labute approximate surface area is 124 Å². The molecule has 0 aliphatic carbocycles. The summed E-state index contributed by atoms with van der Waals surface area (Å²) < 4.78 is 0. The lowest BCUT2D eigenvalue weighted by Gasteiger charge is -2.34. The summed E-state index contributed by atoms with van der Waals surface area (Å²) in [4.78, 5) is 36.7. The molecule has 0 saturated carbocycles. The topological polar surface area (TPSA) is 90.5 Å². The molecule has 4 amide bonds. The molecule has 7 nitrogen and oxygen atoms in total. The van der Waals surface area contributed by atoms with E-state index in [1.54, 1.807) is 13.8 Å². The van der Waals surface area contributed by atoms with Crippen LogP contribution in [-0.2, 0) is 9.59 Å². The van der Waals surface area contributed by atoms with E-state index in [0.717, 1.165) is 25.9 Å². The van der Waals surface area contributed by atoms with Gasteiger partial charge in [0.15, 0.2) is 0 Å². The monoisotopic (exact) mass is 296 g/mol. The predicted octanol–water partition coefficient (Wildman–Crippen LogP) is -0.177. The van der Waals surface area contributed by atoms with Crippen LogP contribution in [0.3, 0.4) is 0 Å². The third kappa shape index (κ3) is 3.34. The van der Waals surface area contributed by atoms with Crippen LogP contribution in [0.15, 0.2) is 0 Å². The molecule has 0 aromatic heterocycles. The van der Waals surface area contributed by atoms with E-state index in [-0.39, 0.29) is 23.8 Å². The van der Waals surface area contributed by atoms with Crippen molar-refractivity contribution in [2.45, 2.75) is 39.2 Å². The van der Waals surface area contributed by atoms with E-state index in [1.165, 1.54) is 4.90 Å². The maximum atomic E-state index is 12.1. The predicted molar refractivity (Wildman–Crippen MR) is 77.5 cm³/mol. The number of urea groups is 1. The van der Waals surface area contributed by atoms with E-state index in [1.807, 2.05) is 0 Å². The van der Waals surface area contributed by atoms with Crippen LogP contribution < -0.4 is 16.0 Å². The van der Waals surface area contributed by atoms with Gasteiger partial charge in [0.1, 0.15) is 12.1 Å². The molecule has 2 saturated heterocycles. The van der Waals surface area contributed by atoms with Crippen molar-refractivity contribution in [2.24, 2.45) is 5.41 Å². The lowest BCUT2D eigenvalue weighted by Crippen LogP contribution is -2.50. The number of nitrogens with zero attached hydrogens (tertiary/aromatic N) is 1. The smallest absolute Gasteiger partial charge is 0.325 e. The maximum Gasteiger partial charge on any atom is 0.325 e. The first-order valence-electron chi connectivity index (χ1n) is 7.35. The molecule has 7 heteroatoms. The Balaban J connectivity index is 1.87. The van der Waals surface area contributed by atoms with Crippen molar-refractivity contribution in [1.82, 2.24) is 20.9 Å². The average Bonchev–Trinajstić information content (AvgIpc) is 2.60. The second kappa shape index (κ2) is 5.63. The molecule has 2 fully saturated rings. The minimum Gasteiger partial charge on any atom is -0.354 e. The van der Waals surface area contributed by atoms with Crippen LogP contribution in [0.2, 0.25) is 0 Å². The van der Waals surface area contributed by atoms with E-state index in [9.17, 15) is 14.4 Å². The van der Waals surface area contributed by atoms with E-state index in [2.05, 4.69) is 22.9 Å². The minimum atomic E-state index is -0.979. The maximum absolute atomic E-state index is 12.1. The van der Waals surface area contributed by atoms with Crippen molar-refractivity contribution >= 4 is 17.8 Å². The normalized spacial score (nSPS) is 23.9. The van der Waals surface area contributed by atoms with Gasteiger partial charge in [0, 0.05) is 6.54 Å². The van der Waals surface area contributed by atoms with Gasteiger partial charge in [0.05, 0.1) is 0 Å². The molecule has 0 aromatic carbocycles. The first-order valence-corrected chi connectivity index (χ1v) is 7.35. The molecule has 0 bridgehead atoms. The molecule has 0 aromatic rings. The molecule has 0 atom stereocenters. The molecule has 2 heterocycles. The summed E-state index contributed by atoms with van der Waals surface area (Å²) in [5.74, 6) is -0.599. The van der Waals surface area contributed by atoms with Crippen LogP contribution in [0.5, 0.6) is 0 Å². The molecule has 118 valence electrons. The fraction of sp³-hybridized carbons (Fsp3) is 0.786. The highest BCUT2D eigenvalue weighted by Crippen LogP contribution is 2.26. The van der Waals surface area contributed by atoms with Gasteiger partial charge >= 0.3 is 6.03 Å². The zero-order valence-electron chi connectivity index (χ0n) is 12.9.